The topological polar surface area (TPSA) is 84.4 Å². The number of nitrogens with zero attached hydrogens (tertiary/aromatic N) is 1. The number of hydrogen-bond acceptors (Lipinski definition) is 4. The SMILES string of the molecule is CC(C)N1CCC(CNc2c(Cl)cc(N)cc2C(N)=O)C1. The molecule has 2 rings (SSSR count). The lowest BCUT2D eigenvalue weighted by Gasteiger charge is -2.21. The number of primary amides is 1. The van der Waals surface area contributed by atoms with E-state index in [0.717, 1.165) is 26.1 Å². The number of hydrogen-bond donors (Lipinski definition) is 3. The van der Waals surface area contributed by atoms with Crippen molar-refractivity contribution in [3.8, 4) is 0 Å². The van der Waals surface area contributed by atoms with Crippen molar-refractivity contribution in [1.29, 1.82) is 0 Å². The minimum absolute atomic E-state index is 0.346. The molecule has 1 aliphatic heterocycles. The standard InChI is InChI=1S/C15H23ClN4O/c1-9(2)20-4-3-10(8-20)7-19-14-12(15(18)21)5-11(17)6-13(14)16/h5-6,9-10,19H,3-4,7-8,17H2,1-2H3,(H2,18,21). The van der Waals surface area contributed by atoms with Crippen molar-refractivity contribution >= 4 is 28.9 Å². The third-order valence-electron chi connectivity index (χ3n) is 3.99. The highest BCUT2D eigenvalue weighted by Gasteiger charge is 2.24. The lowest BCUT2D eigenvalue weighted by atomic mass is 10.1. The Balaban J connectivity index is 2.05. The summed E-state index contributed by atoms with van der Waals surface area (Å²) >= 11 is 6.18. The second kappa shape index (κ2) is 6.54. The molecular weight excluding hydrogens is 288 g/mol. The number of anilines is 2. The molecule has 1 heterocycles. The Morgan fingerprint density at radius 1 is 1.52 bits per heavy atom. The predicted molar refractivity (Wildman–Crippen MR) is 87.7 cm³/mol. The maximum Gasteiger partial charge on any atom is 0.250 e. The quantitative estimate of drug-likeness (QED) is 0.728. The van der Waals surface area contributed by atoms with Crippen LogP contribution in [0.2, 0.25) is 5.02 Å². The molecule has 0 aromatic heterocycles. The minimum Gasteiger partial charge on any atom is -0.399 e. The van der Waals surface area contributed by atoms with Crippen LogP contribution < -0.4 is 16.8 Å². The van der Waals surface area contributed by atoms with E-state index >= 15 is 0 Å². The van der Waals surface area contributed by atoms with Crippen LogP contribution in [0.5, 0.6) is 0 Å². The molecule has 1 saturated heterocycles. The molecule has 0 bridgehead atoms. The first-order valence-electron chi connectivity index (χ1n) is 7.25. The van der Waals surface area contributed by atoms with Gasteiger partial charge in [0.05, 0.1) is 16.3 Å². The van der Waals surface area contributed by atoms with Gasteiger partial charge in [-0.25, -0.2) is 0 Å². The van der Waals surface area contributed by atoms with Crippen molar-refractivity contribution in [2.24, 2.45) is 11.7 Å². The van der Waals surface area contributed by atoms with Crippen LogP contribution in [0, 0.1) is 5.92 Å². The van der Waals surface area contributed by atoms with Crippen molar-refractivity contribution < 1.29 is 4.79 Å². The second-order valence-electron chi connectivity index (χ2n) is 5.91. The third-order valence-corrected chi connectivity index (χ3v) is 4.29. The summed E-state index contributed by atoms with van der Waals surface area (Å²) in [4.78, 5) is 14.0. The summed E-state index contributed by atoms with van der Waals surface area (Å²) in [5.74, 6) is 0.0173. The number of halogens is 1. The summed E-state index contributed by atoms with van der Waals surface area (Å²) in [6, 6.07) is 3.76. The Morgan fingerprint density at radius 3 is 2.81 bits per heavy atom. The van der Waals surface area contributed by atoms with E-state index in [2.05, 4.69) is 24.1 Å². The Bertz CT molecular complexity index is 533. The Morgan fingerprint density at radius 2 is 2.24 bits per heavy atom. The molecule has 1 unspecified atom stereocenters. The molecule has 116 valence electrons. The Labute approximate surface area is 130 Å². The molecule has 1 aromatic rings. The molecule has 5 N–H and O–H groups in total. The summed E-state index contributed by atoms with van der Waals surface area (Å²) in [6.45, 7) is 7.36. The first-order chi connectivity index (χ1) is 9.88. The van der Waals surface area contributed by atoms with Crippen LogP contribution in [0.25, 0.3) is 0 Å². The average Bonchev–Trinajstić information content (AvgIpc) is 2.85. The largest absolute Gasteiger partial charge is 0.399 e. The number of nitrogens with two attached hydrogens (primary N) is 2. The maximum atomic E-state index is 11.5. The Kier molecular flexibility index (Phi) is 4.96. The van der Waals surface area contributed by atoms with Gasteiger partial charge in [0.15, 0.2) is 0 Å². The number of nitrogen functional groups attached to an aromatic ring is 1. The third kappa shape index (κ3) is 3.80. The number of likely N-dealkylation sites (tertiary alicyclic amines) is 1. The zero-order valence-corrected chi connectivity index (χ0v) is 13.3. The van der Waals surface area contributed by atoms with E-state index in [-0.39, 0.29) is 0 Å². The lowest BCUT2D eigenvalue weighted by molar-refractivity contribution is 0.100. The molecule has 6 heteroatoms. The zero-order chi connectivity index (χ0) is 15.6. The highest BCUT2D eigenvalue weighted by atomic mass is 35.5. The number of carbonyl (C=O) groups is 1. The highest BCUT2D eigenvalue weighted by molar-refractivity contribution is 6.34. The van der Waals surface area contributed by atoms with E-state index in [1.807, 2.05) is 0 Å². The van der Waals surface area contributed by atoms with Gasteiger partial charge in [0, 0.05) is 24.8 Å². The van der Waals surface area contributed by atoms with E-state index in [0.29, 0.717) is 33.9 Å². The molecule has 1 aliphatic rings. The first-order valence-corrected chi connectivity index (χ1v) is 7.63. The Hall–Kier alpha value is -1.46. The zero-order valence-electron chi connectivity index (χ0n) is 12.5. The van der Waals surface area contributed by atoms with E-state index in [9.17, 15) is 4.79 Å². The fourth-order valence-corrected chi connectivity index (χ4v) is 3.04. The van der Waals surface area contributed by atoms with Crippen LogP contribution in [0.15, 0.2) is 12.1 Å². The van der Waals surface area contributed by atoms with Crippen molar-refractivity contribution in [2.75, 3.05) is 30.7 Å². The molecule has 21 heavy (non-hydrogen) atoms. The van der Waals surface area contributed by atoms with Crippen molar-refractivity contribution in [3.05, 3.63) is 22.7 Å². The molecule has 1 fully saturated rings. The summed E-state index contributed by atoms with van der Waals surface area (Å²) in [5.41, 5.74) is 12.5. The van der Waals surface area contributed by atoms with Gasteiger partial charge < -0.3 is 21.7 Å². The van der Waals surface area contributed by atoms with Crippen LogP contribution in [0.4, 0.5) is 11.4 Å². The van der Waals surface area contributed by atoms with Crippen LogP contribution >= 0.6 is 11.6 Å². The maximum absolute atomic E-state index is 11.5. The van der Waals surface area contributed by atoms with Gasteiger partial charge in [0.25, 0.3) is 5.91 Å². The van der Waals surface area contributed by atoms with Gasteiger partial charge >= 0.3 is 0 Å². The molecule has 0 aliphatic carbocycles. The van der Waals surface area contributed by atoms with Crippen LogP contribution in [-0.2, 0) is 0 Å². The monoisotopic (exact) mass is 310 g/mol. The van der Waals surface area contributed by atoms with Gasteiger partial charge in [-0.3, -0.25) is 4.79 Å². The fraction of sp³-hybridized carbons (Fsp3) is 0.533. The molecule has 1 aromatic carbocycles. The van der Waals surface area contributed by atoms with Crippen LogP contribution in [0.3, 0.4) is 0 Å². The minimum atomic E-state index is -0.526. The van der Waals surface area contributed by atoms with Gasteiger partial charge in [-0.1, -0.05) is 11.6 Å². The van der Waals surface area contributed by atoms with E-state index in [1.54, 1.807) is 12.1 Å². The van der Waals surface area contributed by atoms with Crippen molar-refractivity contribution in [1.82, 2.24) is 4.90 Å². The number of nitrogens with one attached hydrogen (secondary N) is 1. The first kappa shape index (κ1) is 15.9. The van der Waals surface area contributed by atoms with Gasteiger partial charge in [0.1, 0.15) is 0 Å². The molecule has 0 radical (unpaired) electrons. The van der Waals surface area contributed by atoms with Crippen LogP contribution in [0.1, 0.15) is 30.6 Å². The second-order valence-corrected chi connectivity index (χ2v) is 6.32. The number of amides is 1. The highest BCUT2D eigenvalue weighted by Crippen LogP contribution is 2.30. The average molecular weight is 311 g/mol. The van der Waals surface area contributed by atoms with Gasteiger partial charge in [-0.2, -0.15) is 0 Å². The van der Waals surface area contributed by atoms with Crippen molar-refractivity contribution in [3.63, 3.8) is 0 Å². The van der Waals surface area contributed by atoms with Crippen LogP contribution in [-0.4, -0.2) is 36.5 Å². The van der Waals surface area contributed by atoms with E-state index in [4.69, 9.17) is 23.1 Å². The molecule has 0 saturated carbocycles. The smallest absolute Gasteiger partial charge is 0.250 e. The van der Waals surface area contributed by atoms with Crippen molar-refractivity contribution in [2.45, 2.75) is 26.3 Å². The van der Waals surface area contributed by atoms with Gasteiger partial charge in [-0.15, -0.1) is 0 Å². The normalized spacial score (nSPS) is 19.1. The molecule has 1 amide bonds. The molecule has 0 spiro atoms. The van der Waals surface area contributed by atoms with Gasteiger partial charge in [0.2, 0.25) is 0 Å². The number of benzene rings is 1. The summed E-state index contributed by atoms with van der Waals surface area (Å²) in [7, 11) is 0. The molecular formula is C15H23ClN4O. The van der Waals surface area contributed by atoms with E-state index in [1.165, 1.54) is 0 Å². The number of rotatable bonds is 5. The molecule has 5 nitrogen and oxygen atoms in total. The number of carbonyl (C=O) groups excluding carboxylic acids is 1. The van der Waals surface area contributed by atoms with Gasteiger partial charge in [-0.05, 0) is 44.9 Å². The summed E-state index contributed by atoms with van der Waals surface area (Å²) < 4.78 is 0. The predicted octanol–water partition coefficient (Wildman–Crippen LogP) is 2.16. The summed E-state index contributed by atoms with van der Waals surface area (Å²) in [6.07, 6.45) is 1.14. The summed E-state index contributed by atoms with van der Waals surface area (Å²) in [5, 5.41) is 3.71. The molecule has 1 atom stereocenters. The fourth-order valence-electron chi connectivity index (χ4n) is 2.75. The van der Waals surface area contributed by atoms with E-state index < -0.39 is 5.91 Å². The lowest BCUT2D eigenvalue weighted by Crippen LogP contribution is -2.29.